The Morgan fingerprint density at radius 1 is 1.33 bits per heavy atom. The fraction of sp³-hybridized carbons (Fsp3) is 0.588. The maximum absolute atomic E-state index is 11.2. The molecule has 0 aromatic heterocycles. The molecular weight excluding hydrogens is 288 g/mol. The van der Waals surface area contributed by atoms with Crippen molar-refractivity contribution in [3.05, 3.63) is 27.8 Å². The molecule has 0 saturated heterocycles. The van der Waals surface area contributed by atoms with Gasteiger partial charge in [0, 0.05) is 11.0 Å². The summed E-state index contributed by atoms with van der Waals surface area (Å²) in [5, 5.41) is 9.82. The molecule has 0 radical (unpaired) electrons. The SMILES string of the molecule is COc1c(Cl)cc2c(c1C(C)(C)CC(=O)O)CCCCC2. The number of carboxylic acid groups (broad SMARTS) is 1. The van der Waals surface area contributed by atoms with Crippen LogP contribution in [-0.2, 0) is 23.1 Å². The van der Waals surface area contributed by atoms with Crippen LogP contribution in [0.5, 0.6) is 5.75 Å². The van der Waals surface area contributed by atoms with Crippen molar-refractivity contribution >= 4 is 17.6 Å². The van der Waals surface area contributed by atoms with Gasteiger partial charge >= 0.3 is 5.97 Å². The number of rotatable bonds is 4. The maximum atomic E-state index is 11.2. The number of halogens is 1. The largest absolute Gasteiger partial charge is 0.495 e. The zero-order valence-electron chi connectivity index (χ0n) is 13.0. The predicted molar refractivity (Wildman–Crippen MR) is 84.5 cm³/mol. The Hall–Kier alpha value is -1.22. The fourth-order valence-electron chi connectivity index (χ4n) is 3.41. The van der Waals surface area contributed by atoms with E-state index in [0.717, 1.165) is 31.2 Å². The first-order valence-corrected chi connectivity index (χ1v) is 7.85. The standard InChI is InChI=1S/C17H23ClO3/c1-17(2,10-14(19)20)15-12-8-6-4-5-7-11(12)9-13(18)16(15)21-3/h9H,4-8,10H2,1-3H3,(H,19,20). The lowest BCUT2D eigenvalue weighted by atomic mass is 9.76. The Morgan fingerprint density at radius 2 is 2.00 bits per heavy atom. The molecule has 4 heteroatoms. The second kappa shape index (κ2) is 6.27. The number of ether oxygens (including phenoxy) is 1. The van der Waals surface area contributed by atoms with Gasteiger partial charge in [-0.25, -0.2) is 0 Å². The summed E-state index contributed by atoms with van der Waals surface area (Å²) in [4.78, 5) is 11.2. The lowest BCUT2D eigenvalue weighted by Crippen LogP contribution is -2.25. The summed E-state index contributed by atoms with van der Waals surface area (Å²) in [7, 11) is 1.60. The van der Waals surface area contributed by atoms with Crippen molar-refractivity contribution in [1.82, 2.24) is 0 Å². The molecule has 0 spiro atoms. The van der Waals surface area contributed by atoms with Crippen LogP contribution in [0, 0.1) is 0 Å². The molecule has 21 heavy (non-hydrogen) atoms. The molecule has 1 aliphatic rings. The van der Waals surface area contributed by atoms with Gasteiger partial charge in [-0.05, 0) is 42.9 Å². The molecule has 0 atom stereocenters. The summed E-state index contributed by atoms with van der Waals surface area (Å²) in [6.07, 6.45) is 5.54. The Bertz CT molecular complexity index is 549. The third-order valence-corrected chi connectivity index (χ3v) is 4.56. The van der Waals surface area contributed by atoms with E-state index in [0.29, 0.717) is 10.8 Å². The van der Waals surface area contributed by atoms with Gasteiger partial charge in [0.05, 0.1) is 18.6 Å². The molecule has 0 heterocycles. The average Bonchev–Trinajstić information content (AvgIpc) is 2.60. The molecule has 0 saturated carbocycles. The molecule has 1 N–H and O–H groups in total. The summed E-state index contributed by atoms with van der Waals surface area (Å²) in [5.74, 6) is -0.159. The topological polar surface area (TPSA) is 46.5 Å². The minimum absolute atomic E-state index is 0.0656. The summed E-state index contributed by atoms with van der Waals surface area (Å²) in [6, 6.07) is 2.00. The van der Waals surface area contributed by atoms with Crippen LogP contribution >= 0.6 is 11.6 Å². The number of hydrogen-bond acceptors (Lipinski definition) is 2. The second-order valence-corrected chi connectivity index (χ2v) is 6.83. The zero-order valence-corrected chi connectivity index (χ0v) is 13.7. The van der Waals surface area contributed by atoms with Gasteiger partial charge in [-0.3, -0.25) is 4.79 Å². The minimum Gasteiger partial charge on any atom is -0.495 e. The highest BCUT2D eigenvalue weighted by Gasteiger charge is 2.33. The molecule has 0 fully saturated rings. The molecule has 0 bridgehead atoms. The monoisotopic (exact) mass is 310 g/mol. The van der Waals surface area contributed by atoms with Crippen molar-refractivity contribution in [2.75, 3.05) is 7.11 Å². The number of carbonyl (C=O) groups is 1. The number of aliphatic carboxylic acids is 1. The van der Waals surface area contributed by atoms with E-state index in [1.54, 1.807) is 7.11 Å². The van der Waals surface area contributed by atoms with Crippen molar-refractivity contribution in [2.24, 2.45) is 0 Å². The average molecular weight is 311 g/mol. The molecule has 0 unspecified atom stereocenters. The first-order valence-electron chi connectivity index (χ1n) is 7.47. The number of fused-ring (bicyclic) bond motifs is 1. The van der Waals surface area contributed by atoms with E-state index in [9.17, 15) is 9.90 Å². The molecule has 0 aliphatic heterocycles. The quantitative estimate of drug-likeness (QED) is 0.840. The summed E-state index contributed by atoms with van der Waals surface area (Å²) >= 11 is 6.39. The fourth-order valence-corrected chi connectivity index (χ4v) is 3.71. The summed E-state index contributed by atoms with van der Waals surface area (Å²) in [5.41, 5.74) is 2.99. The number of carboxylic acids is 1. The van der Waals surface area contributed by atoms with Crippen molar-refractivity contribution < 1.29 is 14.6 Å². The number of methoxy groups -OCH3 is 1. The van der Waals surface area contributed by atoms with E-state index >= 15 is 0 Å². The van der Waals surface area contributed by atoms with E-state index in [1.165, 1.54) is 17.5 Å². The van der Waals surface area contributed by atoms with Crippen LogP contribution in [-0.4, -0.2) is 18.2 Å². The molecular formula is C17H23ClO3. The smallest absolute Gasteiger partial charge is 0.304 e. The van der Waals surface area contributed by atoms with Crippen LogP contribution in [0.4, 0.5) is 0 Å². The van der Waals surface area contributed by atoms with Gasteiger partial charge in [-0.15, -0.1) is 0 Å². The van der Waals surface area contributed by atoms with E-state index in [4.69, 9.17) is 16.3 Å². The van der Waals surface area contributed by atoms with Crippen molar-refractivity contribution in [3.63, 3.8) is 0 Å². The normalized spacial score (nSPS) is 15.2. The van der Waals surface area contributed by atoms with E-state index in [-0.39, 0.29) is 6.42 Å². The van der Waals surface area contributed by atoms with Crippen molar-refractivity contribution in [1.29, 1.82) is 0 Å². The minimum atomic E-state index is -0.801. The molecule has 2 rings (SSSR count). The molecule has 0 amide bonds. The molecule has 1 aliphatic carbocycles. The highest BCUT2D eigenvalue weighted by atomic mass is 35.5. The van der Waals surface area contributed by atoms with Crippen molar-refractivity contribution in [2.45, 2.75) is 57.8 Å². The van der Waals surface area contributed by atoms with Gasteiger partial charge in [0.25, 0.3) is 0 Å². The van der Waals surface area contributed by atoms with Crippen LogP contribution in [0.15, 0.2) is 6.07 Å². The van der Waals surface area contributed by atoms with Crippen LogP contribution < -0.4 is 4.74 Å². The third-order valence-electron chi connectivity index (χ3n) is 4.28. The highest BCUT2D eigenvalue weighted by molar-refractivity contribution is 6.32. The Kier molecular flexibility index (Phi) is 4.82. The maximum Gasteiger partial charge on any atom is 0.304 e. The van der Waals surface area contributed by atoms with Gasteiger partial charge in [0.15, 0.2) is 0 Å². The second-order valence-electron chi connectivity index (χ2n) is 6.42. The van der Waals surface area contributed by atoms with Crippen molar-refractivity contribution in [3.8, 4) is 5.75 Å². The van der Waals surface area contributed by atoms with Gasteiger partial charge in [-0.2, -0.15) is 0 Å². The lowest BCUT2D eigenvalue weighted by Gasteiger charge is -2.30. The van der Waals surface area contributed by atoms with Crippen LogP contribution in [0.1, 0.15) is 56.2 Å². The molecule has 116 valence electrons. The van der Waals surface area contributed by atoms with Crippen LogP contribution in [0.25, 0.3) is 0 Å². The Balaban J connectivity index is 2.65. The number of benzene rings is 1. The highest BCUT2D eigenvalue weighted by Crippen LogP contribution is 2.44. The van der Waals surface area contributed by atoms with Gasteiger partial charge < -0.3 is 9.84 Å². The van der Waals surface area contributed by atoms with Crippen LogP contribution in [0.3, 0.4) is 0 Å². The van der Waals surface area contributed by atoms with E-state index in [2.05, 4.69) is 0 Å². The van der Waals surface area contributed by atoms with Gasteiger partial charge in [0.2, 0.25) is 0 Å². The molecule has 3 nitrogen and oxygen atoms in total. The Labute approximate surface area is 131 Å². The molecule has 1 aromatic rings. The molecule has 1 aromatic carbocycles. The first kappa shape index (κ1) is 16.2. The predicted octanol–water partition coefficient (Wildman–Crippen LogP) is 4.37. The number of hydrogen-bond donors (Lipinski definition) is 1. The Morgan fingerprint density at radius 3 is 2.62 bits per heavy atom. The third kappa shape index (κ3) is 3.34. The number of aryl methyl sites for hydroxylation is 1. The van der Waals surface area contributed by atoms with E-state index in [1.807, 2.05) is 19.9 Å². The summed E-state index contributed by atoms with van der Waals surface area (Å²) < 4.78 is 5.53. The lowest BCUT2D eigenvalue weighted by molar-refractivity contribution is -0.138. The van der Waals surface area contributed by atoms with E-state index < -0.39 is 11.4 Å². The summed E-state index contributed by atoms with van der Waals surface area (Å²) in [6.45, 7) is 3.92. The van der Waals surface area contributed by atoms with Crippen LogP contribution in [0.2, 0.25) is 5.02 Å². The van der Waals surface area contributed by atoms with Gasteiger partial charge in [0.1, 0.15) is 5.75 Å². The first-order chi connectivity index (χ1) is 9.86. The zero-order chi connectivity index (χ0) is 15.6. The van der Waals surface area contributed by atoms with Gasteiger partial charge in [-0.1, -0.05) is 31.9 Å².